The van der Waals surface area contributed by atoms with Gasteiger partial charge < -0.3 is 65.1 Å². The maximum Gasteiger partial charge on any atom is 0.220 e. The van der Waals surface area contributed by atoms with Gasteiger partial charge in [-0.15, -0.1) is 0 Å². The third-order valence-corrected chi connectivity index (χ3v) is 22.1. The first-order chi connectivity index (χ1) is 50.1. The van der Waals surface area contributed by atoms with Gasteiger partial charge in [-0.25, -0.2) is 0 Å². The second kappa shape index (κ2) is 72.3. The lowest BCUT2D eigenvalue weighted by molar-refractivity contribution is -0.359. The average Bonchev–Trinajstić information content (AvgIpc) is 0.790. The zero-order valence-corrected chi connectivity index (χ0v) is 66.6. The van der Waals surface area contributed by atoms with Gasteiger partial charge in [-0.2, -0.15) is 0 Å². The molecule has 0 radical (unpaired) electrons. The van der Waals surface area contributed by atoms with E-state index < -0.39 is 86.8 Å². The Hall–Kier alpha value is -1.53. The zero-order chi connectivity index (χ0) is 73.7. The second-order valence-corrected chi connectivity index (χ2v) is 31.7. The van der Waals surface area contributed by atoms with Crippen LogP contribution in [0.4, 0.5) is 0 Å². The van der Waals surface area contributed by atoms with Crippen molar-refractivity contribution in [1.82, 2.24) is 5.32 Å². The van der Waals surface area contributed by atoms with E-state index in [4.69, 9.17) is 18.9 Å². The number of ether oxygens (including phenoxy) is 4. The van der Waals surface area contributed by atoms with Crippen molar-refractivity contribution >= 4 is 5.91 Å². The number of hydrogen-bond donors (Lipinski definition) is 9. The van der Waals surface area contributed by atoms with Crippen molar-refractivity contribution in [3.63, 3.8) is 0 Å². The maximum atomic E-state index is 13.4. The summed E-state index contributed by atoms with van der Waals surface area (Å²) in [6, 6.07) is -0.914. The van der Waals surface area contributed by atoms with Crippen LogP contribution in [0.25, 0.3) is 0 Å². The van der Waals surface area contributed by atoms with Crippen LogP contribution >= 0.6 is 0 Å². The van der Waals surface area contributed by atoms with E-state index in [-0.39, 0.29) is 18.9 Å². The Morgan fingerprint density at radius 1 is 0.343 bits per heavy atom. The van der Waals surface area contributed by atoms with E-state index in [1.54, 1.807) is 6.08 Å². The number of amides is 1. The largest absolute Gasteiger partial charge is 0.394 e. The van der Waals surface area contributed by atoms with Gasteiger partial charge in [0.1, 0.15) is 48.8 Å². The Morgan fingerprint density at radius 3 is 0.931 bits per heavy atom. The first-order valence-corrected chi connectivity index (χ1v) is 44.6. The highest BCUT2D eigenvalue weighted by molar-refractivity contribution is 5.76. The van der Waals surface area contributed by atoms with Crippen molar-refractivity contribution in [2.75, 3.05) is 19.8 Å². The molecule has 0 aromatic heterocycles. The molecule has 14 nitrogen and oxygen atoms in total. The standard InChI is InChI=1S/C88H169NO13/c1-3-5-7-9-11-13-15-17-19-21-23-25-27-29-31-33-35-36-37-38-39-40-42-44-46-48-50-52-54-56-58-60-62-64-66-68-70-72-80(93)89-76(75-99-87-85(98)83(96)86(79(74-91)101-87)102-88-84(97)82(95)81(94)78(73-90)100-88)77(92)71-69-67-65-63-61-59-57-55-53-51-49-47-45-43-41-34-32-30-28-26-24-22-20-18-16-14-12-10-8-6-4-2/h21,23,69,71,76-79,81-88,90-92,94-98H,3-20,22,24-68,70,72-75H2,1-2H3,(H,89,93)/b23-21-,71-69+. The lowest BCUT2D eigenvalue weighted by Crippen LogP contribution is -2.65. The minimum Gasteiger partial charge on any atom is -0.394 e. The molecule has 2 fully saturated rings. The van der Waals surface area contributed by atoms with Gasteiger partial charge in [-0.3, -0.25) is 4.79 Å². The highest BCUT2D eigenvalue weighted by atomic mass is 16.7. The van der Waals surface area contributed by atoms with Gasteiger partial charge in [0.25, 0.3) is 0 Å². The van der Waals surface area contributed by atoms with E-state index in [1.165, 1.54) is 372 Å². The quantitative estimate of drug-likeness (QED) is 0.0204. The minimum absolute atomic E-state index is 0.228. The fraction of sp³-hybridized carbons (Fsp3) is 0.943. The van der Waals surface area contributed by atoms with Crippen LogP contribution in [0, 0.1) is 0 Å². The molecule has 0 aromatic carbocycles. The number of unbranched alkanes of at least 4 members (excludes halogenated alkanes) is 62. The fourth-order valence-corrected chi connectivity index (χ4v) is 15.1. The van der Waals surface area contributed by atoms with Crippen molar-refractivity contribution in [3.8, 4) is 0 Å². The Morgan fingerprint density at radius 2 is 0.618 bits per heavy atom. The van der Waals surface area contributed by atoms with Gasteiger partial charge in [0.05, 0.1) is 32.0 Å². The van der Waals surface area contributed by atoms with Gasteiger partial charge in [-0.1, -0.05) is 411 Å². The van der Waals surface area contributed by atoms with Crippen molar-refractivity contribution in [2.24, 2.45) is 0 Å². The molecule has 2 saturated heterocycles. The molecule has 0 aromatic rings. The summed E-state index contributed by atoms with van der Waals surface area (Å²) in [7, 11) is 0. The van der Waals surface area contributed by atoms with Crippen molar-refractivity contribution in [2.45, 2.75) is 511 Å². The summed E-state index contributed by atoms with van der Waals surface area (Å²) >= 11 is 0. The minimum atomic E-state index is -1.79. The van der Waals surface area contributed by atoms with Crippen molar-refractivity contribution < 1.29 is 64.6 Å². The number of carbonyl (C=O) groups is 1. The molecule has 0 bridgehead atoms. The first-order valence-electron chi connectivity index (χ1n) is 44.6. The summed E-state index contributed by atoms with van der Waals surface area (Å²) in [6.07, 6.45) is 78.7. The summed E-state index contributed by atoms with van der Waals surface area (Å²) in [5.74, 6) is -0.228. The molecule has 14 heteroatoms. The van der Waals surface area contributed by atoms with Crippen LogP contribution in [0.5, 0.6) is 0 Å². The van der Waals surface area contributed by atoms with Crippen molar-refractivity contribution in [1.29, 1.82) is 0 Å². The Bertz CT molecular complexity index is 1810. The molecule has 0 aliphatic carbocycles. The molecule has 0 spiro atoms. The molecule has 2 rings (SSSR count). The summed E-state index contributed by atoms with van der Waals surface area (Å²) in [4.78, 5) is 13.4. The van der Waals surface area contributed by atoms with Crippen LogP contribution in [0.3, 0.4) is 0 Å². The first kappa shape index (κ1) is 96.5. The van der Waals surface area contributed by atoms with Crippen LogP contribution in [-0.4, -0.2) is 140 Å². The highest BCUT2D eigenvalue weighted by Crippen LogP contribution is 2.31. The predicted octanol–water partition coefficient (Wildman–Crippen LogP) is 21.4. The predicted molar refractivity (Wildman–Crippen MR) is 425 cm³/mol. The molecule has 102 heavy (non-hydrogen) atoms. The van der Waals surface area contributed by atoms with Crippen LogP contribution in [0.1, 0.15) is 438 Å². The average molecular weight is 1450 g/mol. The number of carbonyl (C=O) groups excluding carboxylic acids is 1. The maximum absolute atomic E-state index is 13.4. The van der Waals surface area contributed by atoms with Gasteiger partial charge >= 0.3 is 0 Å². The Balaban J connectivity index is 1.56. The number of hydrogen-bond acceptors (Lipinski definition) is 13. The van der Waals surface area contributed by atoms with Gasteiger partial charge in [-0.05, 0) is 44.9 Å². The van der Waals surface area contributed by atoms with Gasteiger partial charge in [0.2, 0.25) is 5.91 Å². The molecule has 12 atom stereocenters. The lowest BCUT2D eigenvalue weighted by Gasteiger charge is -2.46. The monoisotopic (exact) mass is 1450 g/mol. The summed E-state index contributed by atoms with van der Waals surface area (Å²) < 4.78 is 23.0. The van der Waals surface area contributed by atoms with E-state index in [1.807, 2.05) is 6.08 Å². The molecular weight excluding hydrogens is 1280 g/mol. The van der Waals surface area contributed by atoms with Crippen LogP contribution in [-0.2, 0) is 23.7 Å². The van der Waals surface area contributed by atoms with Crippen molar-refractivity contribution in [3.05, 3.63) is 24.3 Å². The third-order valence-electron chi connectivity index (χ3n) is 22.1. The summed E-state index contributed by atoms with van der Waals surface area (Å²) in [6.45, 7) is 2.88. The van der Waals surface area contributed by atoms with E-state index >= 15 is 0 Å². The van der Waals surface area contributed by atoms with E-state index in [0.29, 0.717) is 6.42 Å². The van der Waals surface area contributed by atoms with Crippen LogP contribution < -0.4 is 5.32 Å². The smallest absolute Gasteiger partial charge is 0.220 e. The molecule has 2 aliphatic heterocycles. The number of nitrogens with one attached hydrogen (secondary N) is 1. The Labute approximate surface area is 628 Å². The van der Waals surface area contributed by atoms with E-state index in [9.17, 15) is 45.6 Å². The molecule has 9 N–H and O–H groups in total. The number of aliphatic hydroxyl groups excluding tert-OH is 8. The molecular formula is C88H169NO13. The number of aliphatic hydroxyl groups is 8. The van der Waals surface area contributed by atoms with Gasteiger partial charge in [0.15, 0.2) is 12.6 Å². The molecule has 1 amide bonds. The zero-order valence-electron chi connectivity index (χ0n) is 66.6. The molecule has 2 aliphatic rings. The third kappa shape index (κ3) is 54.1. The molecule has 604 valence electrons. The number of allylic oxidation sites excluding steroid dienone is 3. The topological polar surface area (TPSA) is 228 Å². The summed E-state index contributed by atoms with van der Waals surface area (Å²) in [5.41, 5.74) is 0. The van der Waals surface area contributed by atoms with E-state index in [0.717, 1.165) is 38.5 Å². The SMILES string of the molecule is CCCCCCCCCC/C=C\CCCCCCCCCCCCCCCCCCCCCCCCCCCC(=O)NC(COC1OC(CO)C(OC2OC(CO)C(O)C(O)C2O)C(O)C1O)C(O)/C=C/CCCCCCCCCCCCCCCCCCCCCCCCCCCCCCC. The second-order valence-electron chi connectivity index (χ2n) is 31.7. The normalized spacial score (nSPS) is 21.7. The van der Waals surface area contributed by atoms with Crippen LogP contribution in [0.15, 0.2) is 24.3 Å². The molecule has 2 heterocycles. The van der Waals surface area contributed by atoms with Crippen LogP contribution in [0.2, 0.25) is 0 Å². The molecule has 12 unspecified atom stereocenters. The lowest BCUT2D eigenvalue weighted by atomic mass is 9.97. The highest BCUT2D eigenvalue weighted by Gasteiger charge is 2.51. The summed E-state index contributed by atoms with van der Waals surface area (Å²) in [5, 5.41) is 87.9. The van der Waals surface area contributed by atoms with Gasteiger partial charge in [0, 0.05) is 6.42 Å². The fourth-order valence-electron chi connectivity index (χ4n) is 15.1. The van der Waals surface area contributed by atoms with E-state index in [2.05, 4.69) is 31.3 Å². The number of rotatable bonds is 77. The Kier molecular flexibility index (Phi) is 68.5. The molecule has 0 saturated carbocycles.